The quantitative estimate of drug-likeness (QED) is 0.479. The summed E-state index contributed by atoms with van der Waals surface area (Å²) >= 11 is 1.58. The Labute approximate surface area is 173 Å². The summed E-state index contributed by atoms with van der Waals surface area (Å²) in [5.74, 6) is -0.430. The van der Waals surface area contributed by atoms with E-state index in [4.69, 9.17) is 5.73 Å². The summed E-state index contributed by atoms with van der Waals surface area (Å²) in [6.07, 6.45) is 1.76. The lowest BCUT2D eigenvalue weighted by atomic mass is 10.2. The van der Waals surface area contributed by atoms with Crippen LogP contribution in [0, 0.1) is 13.8 Å². The molecule has 0 aliphatic rings. The van der Waals surface area contributed by atoms with E-state index < -0.39 is 5.91 Å². The summed E-state index contributed by atoms with van der Waals surface area (Å²) in [6, 6.07) is 19.6. The van der Waals surface area contributed by atoms with Gasteiger partial charge in [0.2, 0.25) is 5.91 Å². The fourth-order valence-corrected chi connectivity index (χ4v) is 3.99. The number of nitrogens with two attached hydrogens (primary N) is 1. The third-order valence-corrected chi connectivity index (χ3v) is 5.56. The van der Waals surface area contributed by atoms with Crippen molar-refractivity contribution in [3.63, 3.8) is 0 Å². The van der Waals surface area contributed by atoms with Crippen LogP contribution < -0.4 is 11.1 Å². The number of nitrogens with zero attached hydrogens (tertiary/aromatic N) is 2. The van der Waals surface area contributed by atoms with Crippen molar-refractivity contribution in [2.75, 3.05) is 5.32 Å². The average Bonchev–Trinajstić information content (AvgIpc) is 2.70. The summed E-state index contributed by atoms with van der Waals surface area (Å²) < 4.78 is 0. The van der Waals surface area contributed by atoms with Crippen molar-refractivity contribution in [2.24, 2.45) is 5.73 Å². The number of hydrogen-bond acceptors (Lipinski definition) is 5. The van der Waals surface area contributed by atoms with E-state index in [0.717, 1.165) is 37.8 Å². The van der Waals surface area contributed by atoms with Crippen molar-refractivity contribution < 1.29 is 4.79 Å². The predicted octanol–water partition coefficient (Wildman–Crippen LogP) is 5.24. The molecule has 0 spiro atoms. The van der Waals surface area contributed by atoms with Crippen LogP contribution >= 0.6 is 11.8 Å². The normalized spacial score (nSPS) is 10.8. The minimum atomic E-state index is -0.430. The minimum Gasteiger partial charge on any atom is -0.366 e. The largest absolute Gasteiger partial charge is 0.366 e. The first-order valence-electron chi connectivity index (χ1n) is 9.17. The van der Waals surface area contributed by atoms with E-state index in [1.165, 1.54) is 0 Å². The molecular formula is C23H20N4OS. The average molecular weight is 401 g/mol. The number of pyridine rings is 2. The van der Waals surface area contributed by atoms with Crippen LogP contribution in [0.4, 0.5) is 11.4 Å². The number of nitrogens with one attached hydrogen (secondary N) is 1. The fraction of sp³-hybridized carbons (Fsp3) is 0.0870. The van der Waals surface area contributed by atoms with Gasteiger partial charge < -0.3 is 11.1 Å². The maximum Gasteiger partial charge on any atom is 0.248 e. The smallest absolute Gasteiger partial charge is 0.248 e. The van der Waals surface area contributed by atoms with Gasteiger partial charge in [-0.1, -0.05) is 23.9 Å². The minimum absolute atomic E-state index is 0.430. The van der Waals surface area contributed by atoms with Crippen molar-refractivity contribution in [2.45, 2.75) is 23.6 Å². The van der Waals surface area contributed by atoms with Gasteiger partial charge in [-0.3, -0.25) is 4.79 Å². The molecule has 0 atom stereocenters. The van der Waals surface area contributed by atoms with Gasteiger partial charge in [-0.05, 0) is 67.9 Å². The molecule has 0 saturated heterocycles. The monoisotopic (exact) mass is 400 g/mol. The highest BCUT2D eigenvalue weighted by molar-refractivity contribution is 7.99. The third kappa shape index (κ3) is 4.22. The van der Waals surface area contributed by atoms with Crippen LogP contribution in [0.2, 0.25) is 0 Å². The molecular weight excluding hydrogens is 380 g/mol. The second kappa shape index (κ2) is 7.93. The van der Waals surface area contributed by atoms with Gasteiger partial charge in [-0.25, -0.2) is 9.97 Å². The highest BCUT2D eigenvalue weighted by Crippen LogP contribution is 2.37. The molecule has 0 aliphatic carbocycles. The molecule has 6 heteroatoms. The molecule has 0 radical (unpaired) electrons. The first-order chi connectivity index (χ1) is 14.0. The van der Waals surface area contributed by atoms with Crippen molar-refractivity contribution >= 4 is 40.1 Å². The Bertz CT molecular complexity index is 1220. The molecule has 3 N–H and O–H groups in total. The summed E-state index contributed by atoms with van der Waals surface area (Å²) in [6.45, 7) is 4.01. The summed E-state index contributed by atoms with van der Waals surface area (Å²) in [5.41, 5.74) is 10.6. The van der Waals surface area contributed by atoms with Crippen molar-refractivity contribution in [3.8, 4) is 0 Å². The third-order valence-electron chi connectivity index (χ3n) is 4.49. The summed E-state index contributed by atoms with van der Waals surface area (Å²) in [7, 11) is 0. The maximum atomic E-state index is 11.5. The van der Waals surface area contributed by atoms with Gasteiger partial charge in [0.15, 0.2) is 5.65 Å². The van der Waals surface area contributed by atoms with Gasteiger partial charge in [-0.2, -0.15) is 0 Å². The number of aromatic nitrogens is 2. The second-order valence-corrected chi connectivity index (χ2v) is 7.92. The Morgan fingerprint density at radius 1 is 1.00 bits per heavy atom. The Morgan fingerprint density at radius 2 is 1.86 bits per heavy atom. The zero-order valence-corrected chi connectivity index (χ0v) is 17.0. The molecule has 1 amide bonds. The molecule has 2 aromatic carbocycles. The molecule has 29 heavy (non-hydrogen) atoms. The topological polar surface area (TPSA) is 80.9 Å². The van der Waals surface area contributed by atoms with Gasteiger partial charge >= 0.3 is 0 Å². The van der Waals surface area contributed by atoms with Gasteiger partial charge in [0.1, 0.15) is 0 Å². The van der Waals surface area contributed by atoms with Crippen molar-refractivity contribution in [1.82, 2.24) is 9.97 Å². The standard InChI is InChI=1S/C23H20N4OS/c1-14-6-9-21(29-17-5-3-4-16(13-17)22(24)28)20(12-14)27-19-10-11-25-23-18(19)8-7-15(2)26-23/h3-13H,1-2H3,(H2,24,28)(H,25,26,27). The van der Waals surface area contributed by atoms with E-state index in [0.29, 0.717) is 11.2 Å². The lowest BCUT2D eigenvalue weighted by molar-refractivity contribution is 0.1000. The van der Waals surface area contributed by atoms with E-state index in [1.807, 2.05) is 43.3 Å². The van der Waals surface area contributed by atoms with Gasteiger partial charge in [0, 0.05) is 32.6 Å². The van der Waals surface area contributed by atoms with Crippen LogP contribution in [0.1, 0.15) is 21.6 Å². The molecule has 4 rings (SSSR count). The highest BCUT2D eigenvalue weighted by atomic mass is 32.2. The Balaban J connectivity index is 1.71. The maximum absolute atomic E-state index is 11.5. The summed E-state index contributed by atoms with van der Waals surface area (Å²) in [4.78, 5) is 22.4. The highest BCUT2D eigenvalue weighted by Gasteiger charge is 2.10. The molecule has 0 unspecified atom stereocenters. The zero-order chi connectivity index (χ0) is 20.4. The number of rotatable bonds is 5. The molecule has 2 heterocycles. The van der Waals surface area contributed by atoms with Crippen LogP contribution in [0.5, 0.6) is 0 Å². The molecule has 2 aromatic heterocycles. The van der Waals surface area contributed by atoms with Gasteiger partial charge in [-0.15, -0.1) is 0 Å². The molecule has 144 valence electrons. The number of benzene rings is 2. The number of carbonyl (C=O) groups is 1. The van der Waals surface area contributed by atoms with E-state index >= 15 is 0 Å². The Kier molecular flexibility index (Phi) is 5.18. The molecule has 5 nitrogen and oxygen atoms in total. The number of fused-ring (bicyclic) bond motifs is 1. The van der Waals surface area contributed by atoms with E-state index in [-0.39, 0.29) is 0 Å². The molecule has 0 saturated carbocycles. The second-order valence-electron chi connectivity index (χ2n) is 6.80. The van der Waals surface area contributed by atoms with Crippen LogP contribution in [0.25, 0.3) is 11.0 Å². The molecule has 0 bridgehead atoms. The zero-order valence-electron chi connectivity index (χ0n) is 16.1. The van der Waals surface area contributed by atoms with Crippen LogP contribution in [-0.4, -0.2) is 15.9 Å². The van der Waals surface area contributed by atoms with E-state index in [2.05, 4.69) is 40.4 Å². The lowest BCUT2D eigenvalue weighted by Gasteiger charge is -2.14. The first-order valence-corrected chi connectivity index (χ1v) is 9.99. The van der Waals surface area contributed by atoms with Gasteiger partial charge in [0.25, 0.3) is 0 Å². The van der Waals surface area contributed by atoms with E-state index in [9.17, 15) is 4.79 Å². The first kappa shape index (κ1) is 19.0. The number of carbonyl (C=O) groups excluding carboxylic acids is 1. The van der Waals surface area contributed by atoms with Crippen molar-refractivity contribution in [1.29, 1.82) is 0 Å². The fourth-order valence-electron chi connectivity index (χ4n) is 3.05. The molecule has 4 aromatic rings. The van der Waals surface area contributed by atoms with Crippen LogP contribution in [-0.2, 0) is 0 Å². The lowest BCUT2D eigenvalue weighted by Crippen LogP contribution is -2.10. The SMILES string of the molecule is Cc1ccc(Sc2cccc(C(N)=O)c2)c(Nc2ccnc3nc(C)ccc23)c1. The van der Waals surface area contributed by atoms with Crippen LogP contribution in [0.3, 0.4) is 0 Å². The number of hydrogen-bond donors (Lipinski definition) is 2. The Morgan fingerprint density at radius 3 is 2.69 bits per heavy atom. The Hall–Kier alpha value is -3.38. The number of aryl methyl sites for hydroxylation is 2. The molecule has 0 fully saturated rings. The number of primary amides is 1. The van der Waals surface area contributed by atoms with E-state index in [1.54, 1.807) is 24.0 Å². The number of anilines is 2. The van der Waals surface area contributed by atoms with Crippen LogP contribution in [0.15, 0.2) is 76.7 Å². The predicted molar refractivity (Wildman–Crippen MR) is 118 cm³/mol. The van der Waals surface area contributed by atoms with Crippen molar-refractivity contribution in [3.05, 3.63) is 83.7 Å². The number of amides is 1. The van der Waals surface area contributed by atoms with Gasteiger partial charge in [0.05, 0.1) is 11.4 Å². The summed E-state index contributed by atoms with van der Waals surface area (Å²) in [5, 5.41) is 4.51. The molecule has 0 aliphatic heterocycles.